The maximum Gasteiger partial charge on any atom is 0.343 e. The summed E-state index contributed by atoms with van der Waals surface area (Å²) in [5.41, 5.74) is 4.71. The molecule has 0 bridgehead atoms. The van der Waals surface area contributed by atoms with E-state index in [9.17, 15) is 14.9 Å². The molecule has 0 saturated carbocycles. The summed E-state index contributed by atoms with van der Waals surface area (Å²) < 4.78 is 1.38. The Balaban J connectivity index is 2.43. The molecule has 2 rings (SSSR count). The van der Waals surface area contributed by atoms with E-state index in [0.717, 1.165) is 24.5 Å². The van der Waals surface area contributed by atoms with Crippen LogP contribution in [-0.2, 0) is 6.54 Å². The molecule has 0 unspecified atom stereocenters. The molecule has 0 aliphatic heterocycles. The van der Waals surface area contributed by atoms with Gasteiger partial charge in [0.05, 0.1) is 4.92 Å². The van der Waals surface area contributed by atoms with E-state index >= 15 is 0 Å². The number of anilines is 1. The summed E-state index contributed by atoms with van der Waals surface area (Å²) in [5.74, 6) is -0.229. The molecule has 0 saturated heterocycles. The number of aromatic amines is 1. The summed E-state index contributed by atoms with van der Waals surface area (Å²) in [6.45, 7) is 2.35. The van der Waals surface area contributed by atoms with Crippen LogP contribution in [0.15, 0.2) is 21.3 Å². The number of hydrogen-bond donors (Lipinski definition) is 2. The second kappa shape index (κ2) is 5.69. The van der Waals surface area contributed by atoms with Crippen molar-refractivity contribution >= 4 is 23.3 Å². The standard InChI is InChI=1S/C9H11N7O3S/c1-2-3-15-8(17)13-14-9(15)20-7-5(16(18)19)6(10)11-4-12-7/h4H,2-3H2,1H3,(H,13,17)(H2,10,11,12). The normalized spacial score (nSPS) is 10.7. The fraction of sp³-hybridized carbons (Fsp3) is 0.333. The summed E-state index contributed by atoms with van der Waals surface area (Å²) in [6.07, 6.45) is 1.85. The minimum absolute atomic E-state index is 0.0406. The third kappa shape index (κ3) is 2.61. The van der Waals surface area contributed by atoms with E-state index in [0.29, 0.717) is 6.54 Å². The summed E-state index contributed by atoms with van der Waals surface area (Å²) in [5, 5.41) is 17.4. The smallest absolute Gasteiger partial charge is 0.343 e. The Hall–Kier alpha value is -2.43. The lowest BCUT2D eigenvalue weighted by Gasteiger charge is -2.04. The summed E-state index contributed by atoms with van der Waals surface area (Å²) in [4.78, 5) is 29.3. The average molecular weight is 297 g/mol. The molecule has 106 valence electrons. The van der Waals surface area contributed by atoms with Crippen LogP contribution in [0.5, 0.6) is 0 Å². The van der Waals surface area contributed by atoms with Crippen molar-refractivity contribution in [3.8, 4) is 0 Å². The van der Waals surface area contributed by atoms with Crippen LogP contribution < -0.4 is 11.4 Å². The van der Waals surface area contributed by atoms with Gasteiger partial charge in [0.2, 0.25) is 5.82 Å². The molecule has 11 heteroatoms. The first-order valence-corrected chi connectivity index (χ1v) is 6.44. The van der Waals surface area contributed by atoms with Gasteiger partial charge in [-0.05, 0) is 18.2 Å². The van der Waals surface area contributed by atoms with E-state index in [1.807, 2.05) is 6.92 Å². The van der Waals surface area contributed by atoms with Crippen molar-refractivity contribution in [1.82, 2.24) is 24.7 Å². The molecule has 0 spiro atoms. The largest absolute Gasteiger partial charge is 0.378 e. The minimum atomic E-state index is -0.660. The number of H-pyrrole nitrogens is 1. The SMILES string of the molecule is CCCn1c(Sc2ncnc(N)c2[N+](=O)[O-])n[nH]c1=O. The van der Waals surface area contributed by atoms with Crippen LogP contribution in [-0.4, -0.2) is 29.7 Å². The van der Waals surface area contributed by atoms with Crippen LogP contribution in [0.25, 0.3) is 0 Å². The number of aromatic nitrogens is 5. The number of hydrogen-bond acceptors (Lipinski definition) is 8. The second-order valence-corrected chi connectivity index (χ2v) is 4.69. The van der Waals surface area contributed by atoms with Crippen molar-refractivity contribution in [1.29, 1.82) is 0 Å². The van der Waals surface area contributed by atoms with Crippen LogP contribution in [0.3, 0.4) is 0 Å². The third-order valence-electron chi connectivity index (χ3n) is 2.36. The van der Waals surface area contributed by atoms with Crippen LogP contribution in [0.4, 0.5) is 11.5 Å². The quantitative estimate of drug-likeness (QED) is 0.458. The Morgan fingerprint density at radius 2 is 2.30 bits per heavy atom. The Morgan fingerprint density at radius 1 is 1.55 bits per heavy atom. The molecule has 3 N–H and O–H groups in total. The van der Waals surface area contributed by atoms with Gasteiger partial charge in [-0.25, -0.2) is 19.9 Å². The molecule has 0 fully saturated rings. The molecule has 0 radical (unpaired) electrons. The monoisotopic (exact) mass is 297 g/mol. The van der Waals surface area contributed by atoms with E-state index < -0.39 is 10.6 Å². The molecule has 2 heterocycles. The lowest BCUT2D eigenvalue weighted by Crippen LogP contribution is -2.17. The number of nitrogen functional groups attached to an aromatic ring is 1. The van der Waals surface area contributed by atoms with Crippen molar-refractivity contribution < 1.29 is 4.92 Å². The van der Waals surface area contributed by atoms with E-state index in [-0.39, 0.29) is 21.7 Å². The van der Waals surface area contributed by atoms with Crippen molar-refractivity contribution in [3.05, 3.63) is 26.9 Å². The lowest BCUT2D eigenvalue weighted by molar-refractivity contribution is -0.387. The number of nitrogens with two attached hydrogens (primary N) is 1. The average Bonchev–Trinajstić information content (AvgIpc) is 2.72. The number of nitrogens with zero attached hydrogens (tertiary/aromatic N) is 5. The molecule has 0 aromatic carbocycles. The van der Waals surface area contributed by atoms with Gasteiger partial charge in [-0.2, -0.15) is 0 Å². The fourth-order valence-electron chi connectivity index (χ4n) is 1.51. The third-order valence-corrected chi connectivity index (χ3v) is 3.34. The number of nitro groups is 1. The molecule has 0 aliphatic carbocycles. The fourth-order valence-corrected chi connectivity index (χ4v) is 2.43. The molecule has 2 aromatic heterocycles. The van der Waals surface area contributed by atoms with Crippen LogP contribution in [0.1, 0.15) is 13.3 Å². The molecule has 0 amide bonds. The van der Waals surface area contributed by atoms with Crippen LogP contribution >= 0.6 is 11.8 Å². The zero-order chi connectivity index (χ0) is 14.7. The highest BCUT2D eigenvalue weighted by Gasteiger charge is 2.23. The highest BCUT2D eigenvalue weighted by Crippen LogP contribution is 2.33. The molecular formula is C9H11N7O3S. The molecule has 2 aromatic rings. The Kier molecular flexibility index (Phi) is 3.98. The predicted octanol–water partition coefficient (Wildman–Crippen LogP) is 0.413. The van der Waals surface area contributed by atoms with Crippen molar-refractivity contribution in [2.75, 3.05) is 5.73 Å². The van der Waals surface area contributed by atoms with Gasteiger partial charge in [-0.3, -0.25) is 14.7 Å². The molecule has 10 nitrogen and oxygen atoms in total. The first-order valence-electron chi connectivity index (χ1n) is 5.62. The van der Waals surface area contributed by atoms with Gasteiger partial charge in [-0.1, -0.05) is 6.92 Å². The maximum absolute atomic E-state index is 11.5. The first kappa shape index (κ1) is 14.0. The van der Waals surface area contributed by atoms with E-state index in [4.69, 9.17) is 5.73 Å². The zero-order valence-corrected chi connectivity index (χ0v) is 11.3. The highest BCUT2D eigenvalue weighted by molar-refractivity contribution is 7.99. The molecule has 0 atom stereocenters. The van der Waals surface area contributed by atoms with Crippen molar-refractivity contribution in [3.63, 3.8) is 0 Å². The van der Waals surface area contributed by atoms with Gasteiger partial charge in [-0.15, -0.1) is 5.10 Å². The van der Waals surface area contributed by atoms with Crippen molar-refractivity contribution in [2.45, 2.75) is 30.1 Å². The second-order valence-electron chi connectivity index (χ2n) is 3.73. The topological polar surface area (TPSA) is 146 Å². The summed E-state index contributed by atoms with van der Waals surface area (Å²) in [6, 6.07) is 0. The van der Waals surface area contributed by atoms with Gasteiger partial charge >= 0.3 is 11.4 Å². The lowest BCUT2D eigenvalue weighted by atomic mass is 10.5. The zero-order valence-electron chi connectivity index (χ0n) is 10.4. The van der Waals surface area contributed by atoms with E-state index in [1.54, 1.807) is 0 Å². The summed E-state index contributed by atoms with van der Waals surface area (Å²) in [7, 11) is 0. The Morgan fingerprint density at radius 3 is 2.95 bits per heavy atom. The highest BCUT2D eigenvalue weighted by atomic mass is 32.2. The van der Waals surface area contributed by atoms with Gasteiger partial charge in [0, 0.05) is 6.54 Å². The van der Waals surface area contributed by atoms with Gasteiger partial charge in [0.25, 0.3) is 0 Å². The Labute approximate surface area is 116 Å². The van der Waals surface area contributed by atoms with Gasteiger partial charge in [0.15, 0.2) is 10.2 Å². The maximum atomic E-state index is 11.5. The summed E-state index contributed by atoms with van der Waals surface area (Å²) >= 11 is 0.892. The van der Waals surface area contributed by atoms with Gasteiger partial charge in [0.1, 0.15) is 6.33 Å². The van der Waals surface area contributed by atoms with Crippen LogP contribution in [0, 0.1) is 10.1 Å². The molecule has 20 heavy (non-hydrogen) atoms. The molecular weight excluding hydrogens is 286 g/mol. The van der Waals surface area contributed by atoms with E-state index in [2.05, 4.69) is 20.2 Å². The van der Waals surface area contributed by atoms with Gasteiger partial charge < -0.3 is 5.73 Å². The number of rotatable bonds is 5. The number of nitrogens with one attached hydrogen (secondary N) is 1. The first-order chi connectivity index (χ1) is 9.54. The Bertz CT molecular complexity index is 695. The molecule has 0 aliphatic rings. The van der Waals surface area contributed by atoms with Crippen LogP contribution in [0.2, 0.25) is 0 Å². The van der Waals surface area contributed by atoms with Crippen molar-refractivity contribution in [2.24, 2.45) is 0 Å². The minimum Gasteiger partial charge on any atom is -0.378 e. The predicted molar refractivity (Wildman–Crippen MR) is 70.4 cm³/mol. The van der Waals surface area contributed by atoms with E-state index in [1.165, 1.54) is 4.57 Å².